The van der Waals surface area contributed by atoms with Gasteiger partial charge in [0, 0.05) is 13.1 Å². The summed E-state index contributed by atoms with van der Waals surface area (Å²) >= 11 is 0. The van der Waals surface area contributed by atoms with Gasteiger partial charge in [-0.25, -0.2) is 8.42 Å². The first-order chi connectivity index (χ1) is 8.41. The molecule has 18 heavy (non-hydrogen) atoms. The van der Waals surface area contributed by atoms with Crippen molar-refractivity contribution in [3.05, 3.63) is 29.8 Å². The number of β-amino-alcohol motifs (C(OH)–C–C–N with tert-alkyl or cyclic N) is 1. The minimum Gasteiger partial charge on any atom is -0.390 e. The maximum atomic E-state index is 12.3. The van der Waals surface area contributed by atoms with E-state index in [2.05, 4.69) is 0 Å². The molecule has 1 fully saturated rings. The quantitative estimate of drug-likeness (QED) is 0.800. The molecule has 2 rings (SSSR count). The summed E-state index contributed by atoms with van der Waals surface area (Å²) < 4.78 is 25.8. The van der Waals surface area contributed by atoms with Crippen molar-refractivity contribution >= 4 is 10.0 Å². The number of piperidine rings is 1. The monoisotopic (exact) mass is 271 g/mol. The number of nitrogens with zero attached hydrogens (tertiary/aromatic N) is 1. The lowest BCUT2D eigenvalue weighted by atomic mass is 10.1. The second kappa shape index (κ2) is 4.97. The molecule has 1 aromatic rings. The molecule has 2 N–H and O–H groups in total. The van der Waals surface area contributed by atoms with E-state index in [0.717, 1.165) is 5.56 Å². The lowest BCUT2D eigenvalue weighted by Gasteiger charge is -2.32. The molecule has 0 amide bonds. The third kappa shape index (κ3) is 2.56. The molecule has 2 atom stereocenters. The Morgan fingerprint density at radius 2 is 1.78 bits per heavy atom. The second-order valence-corrected chi connectivity index (χ2v) is 6.54. The van der Waals surface area contributed by atoms with Crippen molar-refractivity contribution in [3.8, 4) is 0 Å². The van der Waals surface area contributed by atoms with Crippen LogP contribution in [0.25, 0.3) is 0 Å². The fourth-order valence-electron chi connectivity index (χ4n) is 1.97. The SMILES string of the molecule is Cc1ccc(S(=O)(=O)N2CC[C@H](O)[C@H](O)C2)cc1. The zero-order valence-corrected chi connectivity index (χ0v) is 11.0. The molecule has 6 heteroatoms. The summed E-state index contributed by atoms with van der Waals surface area (Å²) in [4.78, 5) is 0.219. The van der Waals surface area contributed by atoms with Crippen LogP contribution >= 0.6 is 0 Å². The van der Waals surface area contributed by atoms with Crippen LogP contribution in [0.3, 0.4) is 0 Å². The maximum absolute atomic E-state index is 12.3. The van der Waals surface area contributed by atoms with Crippen LogP contribution in [0, 0.1) is 6.92 Å². The van der Waals surface area contributed by atoms with Gasteiger partial charge in [-0.15, -0.1) is 0 Å². The number of rotatable bonds is 2. The molecule has 1 aliphatic heterocycles. The topological polar surface area (TPSA) is 77.8 Å². The highest BCUT2D eigenvalue weighted by molar-refractivity contribution is 7.89. The predicted octanol–water partition coefficient (Wildman–Crippen LogP) is 0.111. The first kappa shape index (κ1) is 13.5. The molecule has 100 valence electrons. The van der Waals surface area contributed by atoms with Crippen LogP contribution in [0.2, 0.25) is 0 Å². The molecule has 1 heterocycles. The van der Waals surface area contributed by atoms with Crippen molar-refractivity contribution in [3.63, 3.8) is 0 Å². The van der Waals surface area contributed by atoms with Gasteiger partial charge in [-0.05, 0) is 25.5 Å². The molecule has 0 spiro atoms. The van der Waals surface area contributed by atoms with Crippen LogP contribution in [0.5, 0.6) is 0 Å². The number of sulfonamides is 1. The molecule has 1 aromatic carbocycles. The molecule has 0 radical (unpaired) electrons. The molecule has 0 aromatic heterocycles. The number of aryl methyl sites for hydroxylation is 1. The minimum atomic E-state index is -3.57. The van der Waals surface area contributed by atoms with Gasteiger partial charge in [0.1, 0.15) is 0 Å². The predicted molar refractivity (Wildman–Crippen MR) is 66.6 cm³/mol. The summed E-state index contributed by atoms with van der Waals surface area (Å²) in [6, 6.07) is 6.59. The highest BCUT2D eigenvalue weighted by Gasteiger charge is 2.33. The summed E-state index contributed by atoms with van der Waals surface area (Å²) in [5.74, 6) is 0. The number of aliphatic hydroxyl groups excluding tert-OH is 2. The number of aliphatic hydroxyl groups is 2. The zero-order chi connectivity index (χ0) is 13.3. The van der Waals surface area contributed by atoms with E-state index >= 15 is 0 Å². The minimum absolute atomic E-state index is 0.0582. The van der Waals surface area contributed by atoms with Crippen molar-refractivity contribution in [2.45, 2.75) is 30.4 Å². The Labute approximate surface area is 107 Å². The van der Waals surface area contributed by atoms with E-state index in [-0.39, 0.29) is 24.4 Å². The summed E-state index contributed by atoms with van der Waals surface area (Å²) in [5, 5.41) is 18.9. The molecular formula is C12H17NO4S. The average Bonchev–Trinajstić information content (AvgIpc) is 2.33. The first-order valence-corrected chi connectivity index (χ1v) is 7.28. The normalized spacial score (nSPS) is 26.2. The summed E-state index contributed by atoms with van der Waals surface area (Å²) in [6.07, 6.45) is -1.60. The van der Waals surface area contributed by atoms with Crippen molar-refractivity contribution in [2.24, 2.45) is 0 Å². The molecule has 0 unspecified atom stereocenters. The average molecular weight is 271 g/mol. The third-order valence-electron chi connectivity index (χ3n) is 3.17. The Hall–Kier alpha value is -0.950. The van der Waals surface area contributed by atoms with E-state index in [9.17, 15) is 18.6 Å². The Bertz CT molecular complexity index is 511. The Morgan fingerprint density at radius 1 is 1.17 bits per heavy atom. The smallest absolute Gasteiger partial charge is 0.243 e. The molecule has 0 saturated carbocycles. The Morgan fingerprint density at radius 3 is 2.33 bits per heavy atom. The third-order valence-corrected chi connectivity index (χ3v) is 5.05. The standard InChI is InChI=1S/C12H17NO4S/c1-9-2-4-10(5-3-9)18(16,17)13-7-6-11(14)12(15)8-13/h2-5,11-12,14-15H,6-8H2,1H3/t11-,12+/m0/s1. The molecular weight excluding hydrogens is 254 g/mol. The first-order valence-electron chi connectivity index (χ1n) is 5.84. The number of hydrogen-bond donors (Lipinski definition) is 2. The van der Waals surface area contributed by atoms with Crippen molar-refractivity contribution in [1.29, 1.82) is 0 Å². The molecule has 1 saturated heterocycles. The number of benzene rings is 1. The van der Waals surface area contributed by atoms with Crippen molar-refractivity contribution < 1.29 is 18.6 Å². The molecule has 0 aliphatic carbocycles. The van der Waals surface area contributed by atoms with Gasteiger partial charge in [0.25, 0.3) is 0 Å². The Kier molecular flexibility index (Phi) is 3.72. The number of hydrogen-bond acceptors (Lipinski definition) is 4. The zero-order valence-electron chi connectivity index (χ0n) is 10.2. The maximum Gasteiger partial charge on any atom is 0.243 e. The lowest BCUT2D eigenvalue weighted by molar-refractivity contribution is -0.0191. The van der Waals surface area contributed by atoms with Crippen LogP contribution in [0.4, 0.5) is 0 Å². The molecule has 5 nitrogen and oxygen atoms in total. The fraction of sp³-hybridized carbons (Fsp3) is 0.500. The van der Waals surface area contributed by atoms with Gasteiger partial charge in [0.2, 0.25) is 10.0 Å². The fourth-order valence-corrected chi connectivity index (χ4v) is 3.44. The molecule has 1 aliphatic rings. The van der Waals surface area contributed by atoms with Crippen molar-refractivity contribution in [1.82, 2.24) is 4.31 Å². The summed E-state index contributed by atoms with van der Waals surface area (Å²) in [7, 11) is -3.57. The largest absolute Gasteiger partial charge is 0.390 e. The Balaban J connectivity index is 2.24. The second-order valence-electron chi connectivity index (χ2n) is 4.60. The summed E-state index contributed by atoms with van der Waals surface area (Å²) in [6.45, 7) is 2.06. The van der Waals surface area contributed by atoms with Crippen molar-refractivity contribution in [2.75, 3.05) is 13.1 Å². The van der Waals surface area contributed by atoms with E-state index < -0.39 is 22.2 Å². The van der Waals surface area contributed by atoms with Crippen LogP contribution < -0.4 is 0 Å². The van der Waals surface area contributed by atoms with E-state index in [1.807, 2.05) is 6.92 Å². The van der Waals surface area contributed by atoms with Gasteiger partial charge in [-0.3, -0.25) is 0 Å². The van der Waals surface area contributed by atoms with Gasteiger partial charge < -0.3 is 10.2 Å². The van der Waals surface area contributed by atoms with Gasteiger partial charge >= 0.3 is 0 Å². The van der Waals surface area contributed by atoms with Gasteiger partial charge in [0.05, 0.1) is 17.1 Å². The van der Waals surface area contributed by atoms with Gasteiger partial charge in [-0.1, -0.05) is 17.7 Å². The van der Waals surface area contributed by atoms with E-state index in [1.54, 1.807) is 24.3 Å². The summed E-state index contributed by atoms with van der Waals surface area (Å²) in [5.41, 5.74) is 0.989. The van der Waals surface area contributed by atoms with Crippen LogP contribution in [0.15, 0.2) is 29.2 Å². The highest BCUT2D eigenvalue weighted by Crippen LogP contribution is 2.21. The van der Waals surface area contributed by atoms with Gasteiger partial charge in [-0.2, -0.15) is 4.31 Å². The molecule has 0 bridgehead atoms. The van der Waals surface area contributed by atoms with Crippen LogP contribution in [-0.4, -0.2) is 48.2 Å². The van der Waals surface area contributed by atoms with E-state index in [0.29, 0.717) is 0 Å². The van der Waals surface area contributed by atoms with Gasteiger partial charge in [0.15, 0.2) is 0 Å². The highest BCUT2D eigenvalue weighted by atomic mass is 32.2. The van der Waals surface area contributed by atoms with Crippen LogP contribution in [0.1, 0.15) is 12.0 Å². The van der Waals surface area contributed by atoms with E-state index in [4.69, 9.17) is 0 Å². The van der Waals surface area contributed by atoms with Crippen LogP contribution in [-0.2, 0) is 10.0 Å². The van der Waals surface area contributed by atoms with E-state index in [1.165, 1.54) is 4.31 Å². The lowest BCUT2D eigenvalue weighted by Crippen LogP contribution is -2.48.